The lowest BCUT2D eigenvalue weighted by atomic mass is 9.86. The molecule has 1 fully saturated rings. The Labute approximate surface area is 129 Å². The van der Waals surface area contributed by atoms with E-state index in [4.69, 9.17) is 4.74 Å². The highest BCUT2D eigenvalue weighted by molar-refractivity contribution is 7.08. The molecule has 1 saturated carbocycles. The number of amides is 1. The van der Waals surface area contributed by atoms with Crippen LogP contribution in [0.2, 0.25) is 0 Å². The molecule has 0 unspecified atom stereocenters. The molecule has 4 nitrogen and oxygen atoms in total. The lowest BCUT2D eigenvalue weighted by molar-refractivity contribution is -0.144. The fraction of sp³-hybridized carbons (Fsp3) is 0.500. The number of hydrogen-bond acceptors (Lipinski definition) is 4. The number of hydrogen-bond donors (Lipinski definition) is 1. The molecule has 0 bridgehead atoms. The van der Waals surface area contributed by atoms with Gasteiger partial charge in [0.05, 0.1) is 0 Å². The predicted octanol–water partition coefficient (Wildman–Crippen LogP) is 3.00. The van der Waals surface area contributed by atoms with Gasteiger partial charge >= 0.3 is 5.97 Å². The van der Waals surface area contributed by atoms with E-state index in [-0.39, 0.29) is 18.6 Å². The molecule has 114 valence electrons. The molecule has 0 saturated heterocycles. The van der Waals surface area contributed by atoms with Crippen molar-refractivity contribution in [2.24, 2.45) is 5.92 Å². The molecule has 1 heterocycles. The van der Waals surface area contributed by atoms with Gasteiger partial charge in [0.25, 0.3) is 5.91 Å². The van der Waals surface area contributed by atoms with E-state index in [0.29, 0.717) is 5.92 Å². The lowest BCUT2D eigenvalue weighted by Crippen LogP contribution is -2.42. The lowest BCUT2D eigenvalue weighted by Gasteiger charge is -2.29. The van der Waals surface area contributed by atoms with Crippen LogP contribution < -0.4 is 5.32 Å². The van der Waals surface area contributed by atoms with Gasteiger partial charge in [-0.2, -0.15) is 11.3 Å². The van der Waals surface area contributed by atoms with Crippen LogP contribution >= 0.6 is 11.3 Å². The zero-order valence-corrected chi connectivity index (χ0v) is 13.0. The zero-order chi connectivity index (χ0) is 15.1. The molecular weight excluding hydrogens is 286 g/mol. The first kappa shape index (κ1) is 15.8. The summed E-state index contributed by atoms with van der Waals surface area (Å²) >= 11 is 1.56. The second-order valence-electron chi connectivity index (χ2n) is 5.43. The molecule has 0 aromatic carbocycles. The average Bonchev–Trinajstić information content (AvgIpc) is 2.99. The first-order valence-electron chi connectivity index (χ1n) is 7.31. The van der Waals surface area contributed by atoms with Crippen molar-refractivity contribution in [3.8, 4) is 0 Å². The summed E-state index contributed by atoms with van der Waals surface area (Å²) in [5, 5.41) is 6.82. The minimum atomic E-state index is -0.493. The van der Waals surface area contributed by atoms with E-state index in [2.05, 4.69) is 12.2 Å². The highest BCUT2D eigenvalue weighted by Gasteiger charge is 2.22. The minimum Gasteiger partial charge on any atom is -0.452 e. The molecule has 2 rings (SSSR count). The van der Waals surface area contributed by atoms with Crippen LogP contribution in [0.3, 0.4) is 0 Å². The summed E-state index contributed by atoms with van der Waals surface area (Å²) in [4.78, 5) is 23.3. The molecule has 2 atom stereocenters. The van der Waals surface area contributed by atoms with Gasteiger partial charge < -0.3 is 10.1 Å². The maximum absolute atomic E-state index is 11.8. The summed E-state index contributed by atoms with van der Waals surface area (Å²) in [6.45, 7) is 1.94. The second kappa shape index (κ2) is 7.98. The smallest absolute Gasteiger partial charge is 0.331 e. The number of ether oxygens (including phenoxy) is 1. The van der Waals surface area contributed by atoms with Crippen LogP contribution in [-0.4, -0.2) is 24.5 Å². The summed E-state index contributed by atoms with van der Waals surface area (Å²) in [6, 6.07) is 2.12. The van der Waals surface area contributed by atoms with Crippen molar-refractivity contribution in [1.82, 2.24) is 5.32 Å². The third-order valence-corrected chi connectivity index (χ3v) is 4.46. The Morgan fingerprint density at radius 2 is 2.24 bits per heavy atom. The number of esters is 1. The van der Waals surface area contributed by atoms with Crippen molar-refractivity contribution in [2.45, 2.75) is 38.6 Å². The molecule has 0 spiro atoms. The number of nitrogens with one attached hydrogen (secondary N) is 1. The van der Waals surface area contributed by atoms with Crippen LogP contribution in [0.15, 0.2) is 22.9 Å². The second-order valence-corrected chi connectivity index (χ2v) is 6.21. The van der Waals surface area contributed by atoms with Crippen LogP contribution in [0.5, 0.6) is 0 Å². The monoisotopic (exact) mass is 307 g/mol. The van der Waals surface area contributed by atoms with E-state index in [1.165, 1.54) is 12.5 Å². The van der Waals surface area contributed by atoms with E-state index >= 15 is 0 Å². The van der Waals surface area contributed by atoms with Gasteiger partial charge in [0.15, 0.2) is 6.61 Å². The Hall–Kier alpha value is -1.62. The van der Waals surface area contributed by atoms with Crippen molar-refractivity contribution < 1.29 is 14.3 Å². The zero-order valence-electron chi connectivity index (χ0n) is 12.2. The summed E-state index contributed by atoms with van der Waals surface area (Å²) in [5.74, 6) is -0.212. The number of carbonyl (C=O) groups excluding carboxylic acids is 2. The Balaban J connectivity index is 1.69. The number of carbonyl (C=O) groups is 2. The molecule has 1 aliphatic rings. The van der Waals surface area contributed by atoms with Crippen LogP contribution in [-0.2, 0) is 14.3 Å². The maximum Gasteiger partial charge on any atom is 0.331 e. The van der Waals surface area contributed by atoms with Crippen molar-refractivity contribution >= 4 is 29.3 Å². The van der Waals surface area contributed by atoms with Crippen LogP contribution in [0, 0.1) is 5.92 Å². The number of thiophene rings is 1. The minimum absolute atomic E-state index is 0.212. The van der Waals surface area contributed by atoms with Gasteiger partial charge in [0, 0.05) is 12.1 Å². The van der Waals surface area contributed by atoms with Crippen LogP contribution in [0.4, 0.5) is 0 Å². The van der Waals surface area contributed by atoms with Crippen LogP contribution in [0.25, 0.3) is 6.08 Å². The molecule has 1 amide bonds. The first-order valence-corrected chi connectivity index (χ1v) is 8.26. The van der Waals surface area contributed by atoms with Gasteiger partial charge in [-0.25, -0.2) is 4.79 Å². The highest BCUT2D eigenvalue weighted by atomic mass is 32.1. The standard InChI is InChI=1S/C16H21NO3S/c1-12-4-2-3-5-14(12)17-15(18)10-20-16(19)7-6-13-8-9-21-11-13/h6-9,11-12,14H,2-5,10H2,1H3,(H,17,18)/b7-6+/t12-,14-/m0/s1. The van der Waals surface area contributed by atoms with Crippen molar-refractivity contribution in [1.29, 1.82) is 0 Å². The quantitative estimate of drug-likeness (QED) is 0.672. The fourth-order valence-corrected chi connectivity index (χ4v) is 3.13. The Morgan fingerprint density at radius 1 is 1.43 bits per heavy atom. The highest BCUT2D eigenvalue weighted by Crippen LogP contribution is 2.23. The van der Waals surface area contributed by atoms with Gasteiger partial charge in [0.2, 0.25) is 0 Å². The Morgan fingerprint density at radius 3 is 2.95 bits per heavy atom. The van der Waals surface area contributed by atoms with E-state index < -0.39 is 5.97 Å². The largest absolute Gasteiger partial charge is 0.452 e. The molecule has 5 heteroatoms. The summed E-state index contributed by atoms with van der Waals surface area (Å²) in [7, 11) is 0. The van der Waals surface area contributed by atoms with E-state index in [0.717, 1.165) is 24.8 Å². The summed E-state index contributed by atoms with van der Waals surface area (Å²) in [6.07, 6.45) is 7.57. The Kier molecular flexibility index (Phi) is 5.99. The maximum atomic E-state index is 11.8. The first-order chi connectivity index (χ1) is 10.1. The number of rotatable bonds is 5. The van der Waals surface area contributed by atoms with E-state index in [1.807, 2.05) is 16.8 Å². The van der Waals surface area contributed by atoms with Gasteiger partial charge in [0.1, 0.15) is 0 Å². The molecule has 1 aromatic rings. The van der Waals surface area contributed by atoms with Crippen molar-refractivity contribution in [3.63, 3.8) is 0 Å². The van der Waals surface area contributed by atoms with Gasteiger partial charge in [-0.15, -0.1) is 0 Å². The Bertz CT molecular complexity index is 496. The average molecular weight is 307 g/mol. The molecule has 1 N–H and O–H groups in total. The molecular formula is C16H21NO3S. The van der Waals surface area contributed by atoms with Crippen LogP contribution in [0.1, 0.15) is 38.2 Å². The normalized spacial score (nSPS) is 22.1. The van der Waals surface area contributed by atoms with Crippen molar-refractivity contribution in [3.05, 3.63) is 28.5 Å². The molecule has 21 heavy (non-hydrogen) atoms. The third kappa shape index (κ3) is 5.34. The van der Waals surface area contributed by atoms with E-state index in [9.17, 15) is 9.59 Å². The van der Waals surface area contributed by atoms with Gasteiger partial charge in [-0.05, 0) is 47.2 Å². The SMILES string of the molecule is C[C@H]1CCCC[C@@H]1NC(=O)COC(=O)/C=C/c1ccsc1. The molecule has 0 aliphatic heterocycles. The van der Waals surface area contributed by atoms with Crippen molar-refractivity contribution in [2.75, 3.05) is 6.61 Å². The topological polar surface area (TPSA) is 55.4 Å². The molecule has 0 radical (unpaired) electrons. The molecule has 1 aromatic heterocycles. The van der Waals surface area contributed by atoms with E-state index in [1.54, 1.807) is 17.4 Å². The predicted molar refractivity (Wildman–Crippen MR) is 83.9 cm³/mol. The molecule has 1 aliphatic carbocycles. The van der Waals surface area contributed by atoms with Gasteiger partial charge in [-0.3, -0.25) is 4.79 Å². The summed E-state index contributed by atoms with van der Waals surface area (Å²) in [5.41, 5.74) is 0.956. The summed E-state index contributed by atoms with van der Waals surface area (Å²) < 4.78 is 4.94. The van der Waals surface area contributed by atoms with Gasteiger partial charge in [-0.1, -0.05) is 19.8 Å². The third-order valence-electron chi connectivity index (χ3n) is 3.76. The fourth-order valence-electron chi connectivity index (χ4n) is 2.50.